The standard InChI is InChI=1S/C34H30O8/c1-38-25-12-5-3-10-23(25)29-31(33(35)36)30(24-11-4-6-13-26(24)39-2)32(29)34(37)42-22-9-7-8-20(18-22)21-14-15-27-28(19-21)41-17-16-40-27/h3-15,18-19,29-32H,16-17H2,1-2H3,(H,35,36)/t29-,30?,31+,32+/m1/s1. The lowest BCUT2D eigenvalue weighted by atomic mass is 9.52. The number of carbonyl (C=O) groups excluding carboxylic acids is 1. The van der Waals surface area contributed by atoms with Gasteiger partial charge in [0.25, 0.3) is 0 Å². The van der Waals surface area contributed by atoms with Gasteiger partial charge in [-0.15, -0.1) is 0 Å². The van der Waals surface area contributed by atoms with Gasteiger partial charge in [-0.1, -0.05) is 54.6 Å². The minimum Gasteiger partial charge on any atom is -0.496 e. The normalized spacial score (nSPS) is 20.6. The third kappa shape index (κ3) is 4.89. The van der Waals surface area contributed by atoms with E-state index in [1.807, 2.05) is 54.6 Å². The quantitative estimate of drug-likeness (QED) is 0.206. The molecule has 214 valence electrons. The van der Waals surface area contributed by atoms with E-state index in [1.165, 1.54) is 14.2 Å². The minimum atomic E-state index is -1.01. The lowest BCUT2D eigenvalue weighted by Crippen LogP contribution is -2.52. The van der Waals surface area contributed by atoms with E-state index < -0.39 is 35.6 Å². The van der Waals surface area contributed by atoms with E-state index in [0.29, 0.717) is 53.1 Å². The van der Waals surface area contributed by atoms with Crippen molar-refractivity contribution >= 4 is 11.9 Å². The van der Waals surface area contributed by atoms with Crippen molar-refractivity contribution in [2.24, 2.45) is 11.8 Å². The molecule has 8 nitrogen and oxygen atoms in total. The molecule has 1 heterocycles. The SMILES string of the molecule is COc1ccccc1C1[C@@H](C(=O)O)[C@@H](c2ccccc2OC)[C@@H]1C(=O)Oc1cccc(-c2ccc3c(c2)OCCO3)c1. The summed E-state index contributed by atoms with van der Waals surface area (Å²) in [7, 11) is 3.06. The van der Waals surface area contributed by atoms with Crippen LogP contribution in [0.3, 0.4) is 0 Å². The van der Waals surface area contributed by atoms with E-state index in [9.17, 15) is 14.7 Å². The van der Waals surface area contributed by atoms with Crippen molar-refractivity contribution in [3.63, 3.8) is 0 Å². The summed E-state index contributed by atoms with van der Waals surface area (Å²) in [6.45, 7) is 0.987. The van der Waals surface area contributed by atoms with Crippen molar-refractivity contribution in [2.45, 2.75) is 11.8 Å². The lowest BCUT2D eigenvalue weighted by molar-refractivity contribution is -0.158. The molecule has 0 amide bonds. The number of methoxy groups -OCH3 is 2. The summed E-state index contributed by atoms with van der Waals surface area (Å²) in [4.78, 5) is 26.8. The van der Waals surface area contributed by atoms with Crippen LogP contribution >= 0.6 is 0 Å². The van der Waals surface area contributed by atoms with Crippen molar-refractivity contribution < 1.29 is 38.4 Å². The van der Waals surface area contributed by atoms with Gasteiger partial charge in [-0.2, -0.15) is 0 Å². The van der Waals surface area contributed by atoms with Crippen LogP contribution in [0.1, 0.15) is 23.0 Å². The monoisotopic (exact) mass is 566 g/mol. The van der Waals surface area contributed by atoms with Crippen molar-refractivity contribution in [3.05, 3.63) is 102 Å². The average molecular weight is 567 g/mol. The van der Waals surface area contributed by atoms with Crippen molar-refractivity contribution in [1.82, 2.24) is 0 Å². The van der Waals surface area contributed by atoms with Gasteiger partial charge in [0.15, 0.2) is 11.5 Å². The molecule has 4 aromatic rings. The number of benzene rings is 4. The summed E-state index contributed by atoms with van der Waals surface area (Å²) in [6.07, 6.45) is 0. The van der Waals surface area contributed by atoms with E-state index in [4.69, 9.17) is 23.7 Å². The summed E-state index contributed by atoms with van der Waals surface area (Å²) in [6, 6.07) is 27.3. The second-order valence-corrected chi connectivity index (χ2v) is 10.2. The summed E-state index contributed by atoms with van der Waals surface area (Å²) in [5.41, 5.74) is 3.00. The second kappa shape index (κ2) is 11.5. The van der Waals surface area contributed by atoms with E-state index in [-0.39, 0.29) is 0 Å². The van der Waals surface area contributed by atoms with E-state index in [0.717, 1.165) is 11.1 Å². The molecular formula is C34H30O8. The topological polar surface area (TPSA) is 101 Å². The lowest BCUT2D eigenvalue weighted by Gasteiger charge is -2.49. The highest BCUT2D eigenvalue weighted by atomic mass is 16.6. The van der Waals surface area contributed by atoms with Gasteiger partial charge in [-0.3, -0.25) is 9.59 Å². The molecule has 0 bridgehead atoms. The first-order valence-corrected chi connectivity index (χ1v) is 13.7. The largest absolute Gasteiger partial charge is 0.496 e. The Morgan fingerprint density at radius 1 is 0.690 bits per heavy atom. The molecule has 8 heteroatoms. The van der Waals surface area contributed by atoms with Gasteiger partial charge in [0.2, 0.25) is 0 Å². The molecule has 1 fully saturated rings. The number of carboxylic acids is 1. The van der Waals surface area contributed by atoms with Gasteiger partial charge in [-0.25, -0.2) is 0 Å². The molecule has 1 unspecified atom stereocenters. The Hall–Kier alpha value is -4.98. The van der Waals surface area contributed by atoms with Crippen LogP contribution in [0.15, 0.2) is 91.0 Å². The molecule has 42 heavy (non-hydrogen) atoms. The molecule has 0 spiro atoms. The molecule has 1 saturated carbocycles. The van der Waals surface area contributed by atoms with Crippen LogP contribution in [0.4, 0.5) is 0 Å². The fourth-order valence-electron chi connectivity index (χ4n) is 6.15. The van der Waals surface area contributed by atoms with Crippen molar-refractivity contribution in [1.29, 1.82) is 0 Å². The summed E-state index contributed by atoms with van der Waals surface area (Å²) in [5.74, 6) is -1.87. The number of fused-ring (bicyclic) bond motifs is 1. The highest BCUT2D eigenvalue weighted by molar-refractivity contribution is 5.86. The molecule has 6 rings (SSSR count). The predicted molar refractivity (Wildman–Crippen MR) is 155 cm³/mol. The molecule has 0 radical (unpaired) electrons. The van der Waals surface area contributed by atoms with Gasteiger partial charge in [0.05, 0.1) is 26.1 Å². The van der Waals surface area contributed by atoms with Crippen LogP contribution in [0.5, 0.6) is 28.7 Å². The van der Waals surface area contributed by atoms with Crippen molar-refractivity contribution in [2.75, 3.05) is 27.4 Å². The minimum absolute atomic E-state index is 0.351. The molecule has 1 aliphatic heterocycles. The summed E-state index contributed by atoms with van der Waals surface area (Å²) >= 11 is 0. The Kier molecular flexibility index (Phi) is 7.44. The van der Waals surface area contributed by atoms with E-state index >= 15 is 0 Å². The Morgan fingerprint density at radius 2 is 1.29 bits per heavy atom. The third-order valence-electron chi connectivity index (χ3n) is 8.03. The molecule has 0 aromatic heterocycles. The van der Waals surface area contributed by atoms with Gasteiger partial charge >= 0.3 is 11.9 Å². The van der Waals surface area contributed by atoms with E-state index in [2.05, 4.69) is 0 Å². The summed E-state index contributed by atoms with van der Waals surface area (Å²) in [5, 5.41) is 10.4. The van der Waals surface area contributed by atoms with Crippen molar-refractivity contribution in [3.8, 4) is 39.9 Å². The van der Waals surface area contributed by atoms with Gasteiger partial charge in [-0.05, 0) is 58.7 Å². The van der Waals surface area contributed by atoms with Crippen LogP contribution in [0.2, 0.25) is 0 Å². The van der Waals surface area contributed by atoms with Gasteiger partial charge in [0.1, 0.15) is 30.5 Å². The first kappa shape index (κ1) is 27.2. The number of rotatable bonds is 8. The zero-order valence-corrected chi connectivity index (χ0v) is 23.2. The maximum Gasteiger partial charge on any atom is 0.315 e. The molecule has 2 aliphatic rings. The number of hydrogen-bond acceptors (Lipinski definition) is 7. The first-order chi connectivity index (χ1) is 20.5. The molecule has 4 atom stereocenters. The van der Waals surface area contributed by atoms with Crippen LogP contribution < -0.4 is 23.7 Å². The molecular weight excluding hydrogens is 536 g/mol. The van der Waals surface area contributed by atoms with E-state index in [1.54, 1.807) is 36.4 Å². The maximum atomic E-state index is 14.0. The number of esters is 1. The fourth-order valence-corrected chi connectivity index (χ4v) is 6.15. The average Bonchev–Trinajstić information content (AvgIpc) is 3.00. The number of aliphatic carboxylic acids is 1. The first-order valence-electron chi connectivity index (χ1n) is 13.7. The summed E-state index contributed by atoms with van der Waals surface area (Å²) < 4.78 is 28.5. The van der Waals surface area contributed by atoms with Gasteiger partial charge in [0, 0.05) is 11.8 Å². The van der Waals surface area contributed by atoms with Crippen LogP contribution in [-0.2, 0) is 9.59 Å². The van der Waals surface area contributed by atoms with Crippen LogP contribution in [-0.4, -0.2) is 44.5 Å². The number of carboxylic acid groups (broad SMARTS) is 1. The number of para-hydroxylation sites is 2. The predicted octanol–water partition coefficient (Wildman–Crippen LogP) is 5.95. The zero-order valence-electron chi connectivity index (χ0n) is 23.2. The molecule has 1 N–H and O–H groups in total. The third-order valence-corrected chi connectivity index (χ3v) is 8.03. The Bertz CT molecular complexity index is 1570. The number of ether oxygens (including phenoxy) is 5. The Labute approximate surface area is 243 Å². The van der Waals surface area contributed by atoms with Crippen LogP contribution in [0.25, 0.3) is 11.1 Å². The molecule has 4 aromatic carbocycles. The molecule has 0 saturated heterocycles. The maximum absolute atomic E-state index is 14.0. The fraction of sp³-hybridized carbons (Fsp3) is 0.235. The Morgan fingerprint density at radius 3 is 1.90 bits per heavy atom. The zero-order chi connectivity index (χ0) is 29.2. The van der Waals surface area contributed by atoms with Gasteiger partial charge < -0.3 is 28.8 Å². The van der Waals surface area contributed by atoms with Crippen LogP contribution in [0, 0.1) is 11.8 Å². The highest BCUT2D eigenvalue weighted by Gasteiger charge is 2.60. The second-order valence-electron chi connectivity index (χ2n) is 10.2. The molecule has 1 aliphatic carbocycles. The number of carbonyl (C=O) groups is 2. The Balaban J connectivity index is 1.36. The smallest absolute Gasteiger partial charge is 0.315 e. The number of hydrogen-bond donors (Lipinski definition) is 1. The highest BCUT2D eigenvalue weighted by Crippen LogP contribution is 2.60.